The fraction of sp³-hybridized carbons (Fsp3) is 0.933. The van der Waals surface area contributed by atoms with Gasteiger partial charge in [-0.25, -0.2) is 4.68 Å². The molecule has 1 aromatic rings. The summed E-state index contributed by atoms with van der Waals surface area (Å²) < 4.78 is 13.5. The highest BCUT2D eigenvalue weighted by Crippen LogP contribution is 2.43. The van der Waals surface area contributed by atoms with Crippen molar-refractivity contribution in [3.63, 3.8) is 0 Å². The van der Waals surface area contributed by atoms with Crippen molar-refractivity contribution in [2.75, 3.05) is 33.4 Å². The molecular weight excluding hydrogens is 298 g/mol. The largest absolute Gasteiger partial charge is 0.394 e. The first-order chi connectivity index (χ1) is 11.3. The van der Waals surface area contributed by atoms with Crippen molar-refractivity contribution < 1.29 is 14.6 Å². The van der Waals surface area contributed by atoms with Gasteiger partial charge in [0.15, 0.2) is 0 Å². The molecule has 1 aliphatic carbocycles. The Balaban J connectivity index is 1.55. The lowest BCUT2D eigenvalue weighted by atomic mass is 9.79. The topological polar surface area (TPSA) is 85.5 Å². The second kappa shape index (κ2) is 7.65. The molecule has 2 fully saturated rings. The molecule has 2 heterocycles. The van der Waals surface area contributed by atoms with Gasteiger partial charge in [-0.3, -0.25) is 4.90 Å². The molecule has 3 rings (SSSR count). The summed E-state index contributed by atoms with van der Waals surface area (Å²) in [4.78, 5) is 2.53. The monoisotopic (exact) mass is 325 g/mol. The summed E-state index contributed by atoms with van der Waals surface area (Å²) in [7, 11) is 1.84. The summed E-state index contributed by atoms with van der Waals surface area (Å²) in [5.74, 6) is 0. The van der Waals surface area contributed by atoms with Crippen molar-refractivity contribution >= 4 is 0 Å². The number of aromatic nitrogens is 4. The minimum Gasteiger partial charge on any atom is -0.394 e. The molecular formula is C15H27N5O3. The number of nitrogens with zero attached hydrogens (tertiary/aromatic N) is 5. The highest BCUT2D eigenvalue weighted by Gasteiger charge is 2.50. The molecule has 1 N–H and O–H groups in total. The molecule has 1 aliphatic heterocycles. The van der Waals surface area contributed by atoms with E-state index in [0.717, 1.165) is 51.7 Å². The van der Waals surface area contributed by atoms with Crippen LogP contribution in [0, 0.1) is 0 Å². The smallest absolute Gasteiger partial charge is 0.138 e. The van der Waals surface area contributed by atoms with Gasteiger partial charge in [0.25, 0.3) is 0 Å². The molecule has 2 aliphatic rings. The predicted octanol–water partition coefficient (Wildman–Crippen LogP) is 0.0841. The molecule has 0 spiro atoms. The molecule has 0 aromatic carbocycles. The Bertz CT molecular complexity index is 472. The molecule has 0 radical (unpaired) electrons. The fourth-order valence-corrected chi connectivity index (χ4v) is 4.11. The van der Waals surface area contributed by atoms with Crippen molar-refractivity contribution in [2.24, 2.45) is 0 Å². The van der Waals surface area contributed by atoms with E-state index in [1.165, 1.54) is 0 Å². The molecule has 23 heavy (non-hydrogen) atoms. The number of hydrogen-bond donors (Lipinski definition) is 1. The van der Waals surface area contributed by atoms with Crippen molar-refractivity contribution in [2.45, 2.75) is 56.4 Å². The summed E-state index contributed by atoms with van der Waals surface area (Å²) >= 11 is 0. The van der Waals surface area contributed by atoms with Crippen molar-refractivity contribution in [1.29, 1.82) is 0 Å². The normalized spacial score (nSPS) is 31.4. The molecule has 8 nitrogen and oxygen atoms in total. The van der Waals surface area contributed by atoms with Gasteiger partial charge >= 0.3 is 0 Å². The lowest BCUT2D eigenvalue weighted by molar-refractivity contribution is -0.103. The van der Waals surface area contributed by atoms with Gasteiger partial charge in [-0.1, -0.05) is 0 Å². The first-order valence-electron chi connectivity index (χ1n) is 8.50. The van der Waals surface area contributed by atoms with Crippen LogP contribution in [-0.2, 0) is 16.0 Å². The van der Waals surface area contributed by atoms with Crippen LogP contribution < -0.4 is 0 Å². The second-order valence-electron chi connectivity index (χ2n) is 6.49. The van der Waals surface area contributed by atoms with Crippen molar-refractivity contribution in [3.05, 3.63) is 6.33 Å². The minimum absolute atomic E-state index is 0.0200. The number of aryl methyl sites for hydroxylation is 1. The summed E-state index contributed by atoms with van der Waals surface area (Å²) in [6, 6.07) is 0.402. The third-order valence-corrected chi connectivity index (χ3v) is 5.32. The van der Waals surface area contributed by atoms with E-state index in [4.69, 9.17) is 14.6 Å². The number of hydrogen-bond acceptors (Lipinski definition) is 7. The van der Waals surface area contributed by atoms with Crippen LogP contribution in [0.2, 0.25) is 0 Å². The van der Waals surface area contributed by atoms with Crippen molar-refractivity contribution in [3.8, 4) is 0 Å². The SMILES string of the molecule is CO[C@@]12CC[C@H](OCCO)C[C@@H]1N(CCCn1cnnn1)CC2. The van der Waals surface area contributed by atoms with E-state index in [1.807, 2.05) is 7.11 Å². The summed E-state index contributed by atoms with van der Waals surface area (Å²) in [6.45, 7) is 3.44. The molecule has 0 unspecified atom stereocenters. The predicted molar refractivity (Wildman–Crippen MR) is 82.8 cm³/mol. The van der Waals surface area contributed by atoms with Crippen LogP contribution in [0.25, 0.3) is 0 Å². The summed E-state index contributed by atoms with van der Waals surface area (Å²) in [5, 5.41) is 20.2. The van der Waals surface area contributed by atoms with E-state index in [1.54, 1.807) is 11.0 Å². The van der Waals surface area contributed by atoms with Crippen molar-refractivity contribution in [1.82, 2.24) is 25.1 Å². The highest BCUT2D eigenvalue weighted by molar-refractivity contribution is 5.05. The standard InChI is InChI=1S/C15H27N5O3/c1-22-15-4-3-13(23-10-9-21)11-14(15)19(8-5-15)6-2-7-20-12-16-17-18-20/h12-14,21H,2-11H2,1H3/t13-,14-,15+/m0/s1. The first-order valence-corrected chi connectivity index (χ1v) is 8.50. The average Bonchev–Trinajstić information content (AvgIpc) is 3.21. The molecule has 1 saturated heterocycles. The molecule has 130 valence electrons. The Morgan fingerprint density at radius 1 is 1.35 bits per heavy atom. The van der Waals surface area contributed by atoms with Crippen LogP contribution in [0.1, 0.15) is 32.1 Å². The van der Waals surface area contributed by atoms with Crippen LogP contribution in [0.4, 0.5) is 0 Å². The molecule has 0 bridgehead atoms. The second-order valence-corrected chi connectivity index (χ2v) is 6.49. The molecule has 1 aromatic heterocycles. The van der Waals surface area contributed by atoms with Gasteiger partial charge in [0.05, 0.1) is 24.9 Å². The van der Waals surface area contributed by atoms with Gasteiger partial charge in [-0.15, -0.1) is 5.10 Å². The zero-order valence-corrected chi connectivity index (χ0v) is 13.8. The maximum atomic E-state index is 8.96. The van der Waals surface area contributed by atoms with Crippen LogP contribution in [0.3, 0.4) is 0 Å². The lowest BCUT2D eigenvalue weighted by Crippen LogP contribution is -2.52. The zero-order chi connectivity index (χ0) is 16.1. The first kappa shape index (κ1) is 16.8. The number of tetrazole rings is 1. The van der Waals surface area contributed by atoms with Gasteiger partial charge in [0.2, 0.25) is 0 Å². The van der Waals surface area contributed by atoms with Crippen LogP contribution in [0.15, 0.2) is 6.33 Å². The summed E-state index contributed by atoms with van der Waals surface area (Å²) in [5.41, 5.74) is -0.0200. The molecule has 1 saturated carbocycles. The molecule has 8 heteroatoms. The van der Waals surface area contributed by atoms with Gasteiger partial charge in [0.1, 0.15) is 6.33 Å². The maximum Gasteiger partial charge on any atom is 0.138 e. The Morgan fingerprint density at radius 3 is 3.00 bits per heavy atom. The number of methoxy groups -OCH3 is 1. The van der Waals surface area contributed by atoms with Crippen LogP contribution in [0.5, 0.6) is 0 Å². The Kier molecular flexibility index (Phi) is 5.58. The fourth-order valence-electron chi connectivity index (χ4n) is 4.11. The Morgan fingerprint density at radius 2 is 2.26 bits per heavy atom. The zero-order valence-electron chi connectivity index (χ0n) is 13.8. The number of aliphatic hydroxyl groups excluding tert-OH is 1. The quantitative estimate of drug-likeness (QED) is 0.724. The van der Waals surface area contributed by atoms with Gasteiger partial charge < -0.3 is 14.6 Å². The number of likely N-dealkylation sites (tertiary alicyclic amines) is 1. The Hall–Kier alpha value is -1.09. The third kappa shape index (κ3) is 3.71. The number of aliphatic hydroxyl groups is 1. The highest BCUT2D eigenvalue weighted by atomic mass is 16.5. The van der Waals surface area contributed by atoms with E-state index < -0.39 is 0 Å². The van der Waals surface area contributed by atoms with E-state index in [9.17, 15) is 0 Å². The number of fused-ring (bicyclic) bond motifs is 1. The summed E-state index contributed by atoms with van der Waals surface area (Å²) in [6.07, 6.45) is 7.03. The average molecular weight is 325 g/mol. The van der Waals surface area contributed by atoms with E-state index in [-0.39, 0.29) is 18.3 Å². The maximum absolute atomic E-state index is 8.96. The number of ether oxygens (including phenoxy) is 2. The minimum atomic E-state index is -0.0200. The van der Waals surface area contributed by atoms with E-state index in [0.29, 0.717) is 12.6 Å². The lowest BCUT2D eigenvalue weighted by Gasteiger charge is -2.43. The van der Waals surface area contributed by atoms with Gasteiger partial charge in [0, 0.05) is 32.8 Å². The van der Waals surface area contributed by atoms with Gasteiger partial charge in [-0.2, -0.15) is 0 Å². The Labute approximate surface area is 136 Å². The number of rotatable bonds is 8. The van der Waals surface area contributed by atoms with Crippen LogP contribution in [-0.4, -0.2) is 81.4 Å². The van der Waals surface area contributed by atoms with E-state index in [2.05, 4.69) is 20.4 Å². The van der Waals surface area contributed by atoms with E-state index >= 15 is 0 Å². The third-order valence-electron chi connectivity index (χ3n) is 5.32. The van der Waals surface area contributed by atoms with Gasteiger partial charge in [-0.05, 0) is 42.5 Å². The molecule has 0 amide bonds. The molecule has 3 atom stereocenters. The van der Waals surface area contributed by atoms with Crippen LogP contribution >= 0.6 is 0 Å².